The van der Waals surface area contributed by atoms with Crippen LogP contribution in [0.1, 0.15) is 17.2 Å². The van der Waals surface area contributed by atoms with Gasteiger partial charge in [-0.2, -0.15) is 0 Å². The molecule has 0 saturated carbocycles. The molecule has 0 bridgehead atoms. The maximum atomic E-state index is 6.12. The van der Waals surface area contributed by atoms with Crippen molar-refractivity contribution in [3.8, 4) is 10.4 Å². The SMILES string of the molecule is NC1c2cc(Cl)ccc2-c2sccc21. The van der Waals surface area contributed by atoms with Gasteiger partial charge in [0.2, 0.25) is 0 Å². The molecule has 0 amide bonds. The van der Waals surface area contributed by atoms with E-state index in [1.807, 2.05) is 12.1 Å². The fourth-order valence-corrected chi connectivity index (χ4v) is 3.12. The molecule has 1 aromatic carbocycles. The molecule has 1 aromatic heterocycles. The molecule has 1 nitrogen and oxygen atoms in total. The van der Waals surface area contributed by atoms with Crippen molar-refractivity contribution in [2.75, 3.05) is 0 Å². The van der Waals surface area contributed by atoms with Gasteiger partial charge in [-0.05, 0) is 40.3 Å². The van der Waals surface area contributed by atoms with Crippen molar-refractivity contribution in [3.63, 3.8) is 0 Å². The Morgan fingerprint density at radius 2 is 2.07 bits per heavy atom. The van der Waals surface area contributed by atoms with Crippen LogP contribution < -0.4 is 5.73 Å². The molecule has 1 unspecified atom stereocenters. The molecular formula is C11H8ClNS. The summed E-state index contributed by atoms with van der Waals surface area (Å²) in [5, 5.41) is 2.84. The van der Waals surface area contributed by atoms with Gasteiger partial charge in [-0.1, -0.05) is 17.7 Å². The van der Waals surface area contributed by atoms with Crippen molar-refractivity contribution in [1.29, 1.82) is 0 Å². The second-order valence-corrected chi connectivity index (χ2v) is 4.77. The summed E-state index contributed by atoms with van der Waals surface area (Å²) in [6.45, 7) is 0. The monoisotopic (exact) mass is 221 g/mol. The number of fused-ring (bicyclic) bond motifs is 3. The van der Waals surface area contributed by atoms with E-state index in [1.54, 1.807) is 11.3 Å². The van der Waals surface area contributed by atoms with E-state index < -0.39 is 0 Å². The Labute approximate surface area is 91.1 Å². The zero-order chi connectivity index (χ0) is 9.71. The number of benzene rings is 1. The molecule has 3 rings (SSSR count). The fraction of sp³-hybridized carbons (Fsp3) is 0.0909. The van der Waals surface area contributed by atoms with Crippen LogP contribution >= 0.6 is 22.9 Å². The lowest BCUT2D eigenvalue weighted by Gasteiger charge is -2.05. The quantitative estimate of drug-likeness (QED) is 0.725. The largest absolute Gasteiger partial charge is 0.320 e. The fourth-order valence-electron chi connectivity index (χ4n) is 1.95. The molecule has 0 saturated heterocycles. The molecule has 0 spiro atoms. The third-order valence-electron chi connectivity index (χ3n) is 2.62. The lowest BCUT2D eigenvalue weighted by atomic mass is 10.1. The van der Waals surface area contributed by atoms with Crippen LogP contribution in [0.4, 0.5) is 0 Å². The molecule has 1 aliphatic carbocycles. The number of nitrogens with two attached hydrogens (primary N) is 1. The molecule has 70 valence electrons. The predicted molar refractivity (Wildman–Crippen MR) is 60.8 cm³/mol. The smallest absolute Gasteiger partial charge is 0.0573 e. The van der Waals surface area contributed by atoms with Gasteiger partial charge in [0.05, 0.1) is 6.04 Å². The van der Waals surface area contributed by atoms with E-state index in [0.717, 1.165) is 10.6 Å². The van der Waals surface area contributed by atoms with Crippen LogP contribution in [-0.2, 0) is 0 Å². The van der Waals surface area contributed by atoms with E-state index in [4.69, 9.17) is 17.3 Å². The van der Waals surface area contributed by atoms with Crippen molar-refractivity contribution in [2.24, 2.45) is 5.73 Å². The third-order valence-corrected chi connectivity index (χ3v) is 3.82. The standard InChI is InChI=1S/C11H8ClNS/c12-6-1-2-7-9(5-6)10(13)8-3-4-14-11(7)8/h1-5,10H,13H2. The van der Waals surface area contributed by atoms with Crippen LogP contribution in [0.2, 0.25) is 5.02 Å². The Bertz CT molecular complexity index is 504. The molecule has 2 N–H and O–H groups in total. The van der Waals surface area contributed by atoms with Gasteiger partial charge in [-0.15, -0.1) is 11.3 Å². The van der Waals surface area contributed by atoms with E-state index in [0.29, 0.717) is 0 Å². The molecular weight excluding hydrogens is 214 g/mol. The Hall–Kier alpha value is -0.830. The number of halogens is 1. The number of rotatable bonds is 0. The molecule has 0 fully saturated rings. The highest BCUT2D eigenvalue weighted by Gasteiger charge is 2.26. The first-order chi connectivity index (χ1) is 6.77. The maximum absolute atomic E-state index is 6.12. The highest BCUT2D eigenvalue weighted by molar-refractivity contribution is 7.13. The van der Waals surface area contributed by atoms with Crippen LogP contribution in [0.15, 0.2) is 29.6 Å². The molecule has 1 aliphatic rings. The van der Waals surface area contributed by atoms with Crippen molar-refractivity contribution >= 4 is 22.9 Å². The Morgan fingerprint density at radius 3 is 2.93 bits per heavy atom. The summed E-state index contributed by atoms with van der Waals surface area (Å²) in [7, 11) is 0. The highest BCUT2D eigenvalue weighted by atomic mass is 35.5. The Kier molecular flexibility index (Phi) is 1.71. The van der Waals surface area contributed by atoms with Crippen LogP contribution in [0.3, 0.4) is 0 Å². The van der Waals surface area contributed by atoms with Crippen molar-refractivity contribution in [2.45, 2.75) is 6.04 Å². The second-order valence-electron chi connectivity index (χ2n) is 3.41. The highest BCUT2D eigenvalue weighted by Crippen LogP contribution is 2.45. The van der Waals surface area contributed by atoms with Crippen LogP contribution in [-0.4, -0.2) is 0 Å². The Morgan fingerprint density at radius 1 is 1.21 bits per heavy atom. The first-order valence-corrected chi connectivity index (χ1v) is 5.66. The van der Waals surface area contributed by atoms with Gasteiger partial charge in [0.25, 0.3) is 0 Å². The van der Waals surface area contributed by atoms with Crippen molar-refractivity contribution in [1.82, 2.24) is 0 Å². The normalized spacial score (nSPS) is 18.0. The first-order valence-electron chi connectivity index (χ1n) is 4.40. The van der Waals surface area contributed by atoms with Crippen LogP contribution in [0.5, 0.6) is 0 Å². The van der Waals surface area contributed by atoms with Crippen molar-refractivity contribution in [3.05, 3.63) is 45.8 Å². The number of hydrogen-bond donors (Lipinski definition) is 1. The van der Waals surface area contributed by atoms with Crippen LogP contribution in [0, 0.1) is 0 Å². The third kappa shape index (κ3) is 0.989. The van der Waals surface area contributed by atoms with E-state index in [1.165, 1.54) is 16.0 Å². The molecule has 2 aromatic rings. The van der Waals surface area contributed by atoms with Gasteiger partial charge in [0.15, 0.2) is 0 Å². The summed E-state index contributed by atoms with van der Waals surface area (Å²) >= 11 is 7.69. The maximum Gasteiger partial charge on any atom is 0.0573 e. The van der Waals surface area contributed by atoms with Gasteiger partial charge in [0.1, 0.15) is 0 Å². The first kappa shape index (κ1) is 8.48. The number of hydrogen-bond acceptors (Lipinski definition) is 2. The topological polar surface area (TPSA) is 26.0 Å². The summed E-state index contributed by atoms with van der Waals surface area (Å²) < 4.78 is 0. The van der Waals surface area contributed by atoms with Gasteiger partial charge in [-0.25, -0.2) is 0 Å². The van der Waals surface area contributed by atoms with Crippen molar-refractivity contribution < 1.29 is 0 Å². The molecule has 1 heterocycles. The van der Waals surface area contributed by atoms with E-state index in [2.05, 4.69) is 17.5 Å². The predicted octanol–water partition coefficient (Wildman–Crippen LogP) is 3.43. The molecule has 3 heteroatoms. The summed E-state index contributed by atoms with van der Waals surface area (Å²) in [6, 6.07) is 8.04. The van der Waals surface area contributed by atoms with Crippen LogP contribution in [0.25, 0.3) is 10.4 Å². The van der Waals surface area contributed by atoms with Gasteiger partial charge in [-0.3, -0.25) is 0 Å². The van der Waals surface area contributed by atoms with E-state index >= 15 is 0 Å². The summed E-state index contributed by atoms with van der Waals surface area (Å²) in [6.07, 6.45) is 0. The van der Waals surface area contributed by atoms with Gasteiger partial charge < -0.3 is 5.73 Å². The summed E-state index contributed by atoms with van der Waals surface area (Å²) in [4.78, 5) is 1.30. The molecule has 0 aliphatic heterocycles. The lowest BCUT2D eigenvalue weighted by molar-refractivity contribution is 0.904. The molecule has 14 heavy (non-hydrogen) atoms. The molecule has 0 radical (unpaired) electrons. The lowest BCUT2D eigenvalue weighted by Crippen LogP contribution is -2.07. The minimum Gasteiger partial charge on any atom is -0.320 e. The average molecular weight is 222 g/mol. The van der Waals surface area contributed by atoms with E-state index in [9.17, 15) is 0 Å². The average Bonchev–Trinajstić information content (AvgIpc) is 2.72. The zero-order valence-electron chi connectivity index (χ0n) is 7.33. The minimum absolute atomic E-state index is 0.00458. The van der Waals surface area contributed by atoms with Gasteiger partial charge >= 0.3 is 0 Å². The summed E-state index contributed by atoms with van der Waals surface area (Å²) in [5.74, 6) is 0. The zero-order valence-corrected chi connectivity index (χ0v) is 8.90. The minimum atomic E-state index is 0.00458. The second kappa shape index (κ2) is 2.83. The Balaban J connectivity index is 2.33. The number of thiophene rings is 1. The summed E-state index contributed by atoms with van der Waals surface area (Å²) in [5.41, 5.74) is 9.74. The molecule has 1 atom stereocenters. The van der Waals surface area contributed by atoms with Gasteiger partial charge in [0, 0.05) is 9.90 Å². The van der Waals surface area contributed by atoms with E-state index in [-0.39, 0.29) is 6.04 Å².